The smallest absolute Gasteiger partial charge is 0.261 e. The number of carbonyl (C=O) groups excluding carboxylic acids is 7. The lowest BCUT2D eigenvalue weighted by Gasteiger charge is -2.34. The Labute approximate surface area is 541 Å². The highest BCUT2D eigenvalue weighted by atomic mass is 32.2. The van der Waals surface area contributed by atoms with Gasteiger partial charge in [-0.2, -0.15) is 0 Å². The molecule has 3 saturated heterocycles. The van der Waals surface area contributed by atoms with E-state index >= 15 is 0 Å². The fraction of sp³-hybridized carbons (Fsp3) is 0.459. The van der Waals surface area contributed by atoms with Crippen LogP contribution in [-0.4, -0.2) is 237 Å². The summed E-state index contributed by atoms with van der Waals surface area (Å²) in [7, 11) is 0. The highest BCUT2D eigenvalue weighted by molar-refractivity contribution is 7.90. The van der Waals surface area contributed by atoms with Crippen LogP contribution in [0.25, 0.3) is 34.0 Å². The average Bonchev–Trinajstić information content (AvgIpc) is 1.64. The molecule has 0 radical (unpaired) electrons. The van der Waals surface area contributed by atoms with Gasteiger partial charge in [-0.25, -0.2) is 5.26 Å². The summed E-state index contributed by atoms with van der Waals surface area (Å²) in [6.45, 7) is 2.05. The molecule has 3 aliphatic heterocycles. The Hall–Kier alpha value is -8.42. The van der Waals surface area contributed by atoms with Gasteiger partial charge in [-0.1, -0.05) is 46.6 Å². The second-order valence-corrected chi connectivity index (χ2v) is 23.4. The van der Waals surface area contributed by atoms with Crippen molar-refractivity contribution in [2.24, 2.45) is 5.92 Å². The number of benzene rings is 4. The van der Waals surface area contributed by atoms with Gasteiger partial charge < -0.3 is 101 Å². The van der Waals surface area contributed by atoms with Crippen LogP contribution in [0, 0.1) is 5.92 Å². The molecule has 3 fully saturated rings. The zero-order valence-electron chi connectivity index (χ0n) is 51.1. The van der Waals surface area contributed by atoms with Crippen molar-refractivity contribution in [2.45, 2.75) is 125 Å². The summed E-state index contributed by atoms with van der Waals surface area (Å²) in [6, 6.07) is 11.9. The summed E-state index contributed by atoms with van der Waals surface area (Å²) in [6.07, 6.45) is -12.8. The SMILES string of the molecule is CCOc1ccc(-c2ccc(-c3nnc(-c4ccc(C(=O)NC5C[C@@H](O)CNC(=O)[C@@H]6[C@@H](O)[C@@H](C)CN6C(=O)[C@H]([C@H](O)CCNC(CO)CO)NC(=O)[C@H]([C@H](O)Cc6ccc(O)c(OSOOO)c6)NC(=O)[C@@H]6C[C@@H](O)CN6C(=O)[C@H]([C@@H](C)O)NC5=O)cc4)o3)cc2)cc1. The van der Waals surface area contributed by atoms with E-state index in [-0.39, 0.29) is 54.1 Å². The van der Waals surface area contributed by atoms with Gasteiger partial charge in [0, 0.05) is 61.5 Å². The van der Waals surface area contributed by atoms with E-state index in [1.54, 1.807) is 0 Å². The molecule has 4 aromatic carbocycles. The number of aromatic nitrogens is 2. The number of phenolic OH excluding ortho intramolecular Hbond substituents is 1. The molecule has 1 unspecified atom stereocenters. The van der Waals surface area contributed by atoms with Crippen LogP contribution in [-0.2, 0) is 44.6 Å². The lowest BCUT2D eigenvalue weighted by atomic mass is 9.98. The quantitative estimate of drug-likeness (QED) is 0.0152. The summed E-state index contributed by atoms with van der Waals surface area (Å²) in [5, 5.41) is 134. The van der Waals surface area contributed by atoms with Gasteiger partial charge >= 0.3 is 0 Å². The van der Waals surface area contributed by atoms with E-state index in [2.05, 4.69) is 51.5 Å². The minimum Gasteiger partial charge on any atom is -0.504 e. The summed E-state index contributed by atoms with van der Waals surface area (Å²) >= 11 is 0.0620. The molecule has 8 rings (SSSR count). The maximum absolute atomic E-state index is 15.0. The van der Waals surface area contributed by atoms with Crippen molar-refractivity contribution in [3.05, 3.63) is 102 Å². The van der Waals surface area contributed by atoms with Crippen molar-refractivity contribution in [3.63, 3.8) is 0 Å². The van der Waals surface area contributed by atoms with Crippen LogP contribution in [0.5, 0.6) is 17.2 Å². The Morgan fingerprint density at radius 3 is 1.97 bits per heavy atom. The van der Waals surface area contributed by atoms with Gasteiger partial charge in [0.05, 0.1) is 62.5 Å². The number of rotatable bonds is 22. The molecule has 0 saturated carbocycles. The maximum Gasteiger partial charge on any atom is 0.261 e. The van der Waals surface area contributed by atoms with E-state index in [0.29, 0.717) is 17.7 Å². The maximum atomic E-state index is 15.0. The zero-order chi connectivity index (χ0) is 67.9. The number of aliphatic hydroxyl groups excluding tert-OH is 8. The summed E-state index contributed by atoms with van der Waals surface area (Å²) in [5.41, 5.74) is 2.96. The Bertz CT molecular complexity index is 3400. The second kappa shape index (κ2) is 33.1. The van der Waals surface area contributed by atoms with Crippen LogP contribution in [0.4, 0.5) is 0 Å². The lowest BCUT2D eigenvalue weighted by Crippen LogP contribution is -2.64. The minimum absolute atomic E-state index is 0.0418. The van der Waals surface area contributed by atoms with Crippen molar-refractivity contribution in [2.75, 3.05) is 46.0 Å². The highest BCUT2D eigenvalue weighted by Gasteiger charge is 2.50. The van der Waals surface area contributed by atoms with E-state index in [1.165, 1.54) is 37.3 Å². The second-order valence-electron chi connectivity index (χ2n) is 22.9. The fourth-order valence-corrected chi connectivity index (χ4v) is 11.3. The number of carbonyl (C=O) groups is 7. The van der Waals surface area contributed by atoms with Gasteiger partial charge in [0.1, 0.15) is 42.0 Å². The van der Waals surface area contributed by atoms with E-state index < -0.39 is 184 Å². The molecule has 0 spiro atoms. The predicted octanol–water partition coefficient (Wildman–Crippen LogP) is -2.18. The molecular weight excluding hydrogens is 1260 g/mol. The van der Waals surface area contributed by atoms with Gasteiger partial charge in [0.2, 0.25) is 47.2 Å². The van der Waals surface area contributed by atoms with Crippen molar-refractivity contribution in [1.29, 1.82) is 0 Å². The zero-order valence-corrected chi connectivity index (χ0v) is 51.9. The topological polar surface area (TPSA) is 476 Å². The predicted molar refractivity (Wildman–Crippen MR) is 328 cm³/mol. The van der Waals surface area contributed by atoms with E-state index in [9.17, 15) is 79.5 Å². The first kappa shape index (κ1) is 71.4. The van der Waals surface area contributed by atoms with Gasteiger partial charge in [-0.3, -0.25) is 33.6 Å². The number of β-amino-alcohol motifs (C(OH)–C–C–N with tert-alkyl or cyclic N) is 1. The van der Waals surface area contributed by atoms with Crippen molar-refractivity contribution in [3.8, 4) is 51.3 Å². The molecule has 3 aliphatic rings. The monoisotopic (exact) mass is 1330 g/mol. The van der Waals surface area contributed by atoms with Gasteiger partial charge in [-0.15, -0.1) is 10.2 Å². The standard InChI is InChI=1S/C61H76N10O22S/c1-4-89-41-16-14-34(15-17-41)33-6-10-36(11-7-33)58-68-69-59(90-58)37-12-8-35(9-13-37)53(81)64-42-23-39(75)25-63-57(85)51-52(80)30(2)26-71(51)61(87)50(45(78)19-20-62-38(28-72)29-73)67-56(84)49(46(79)21-32-5-18-44(77)47(22-32)91-94-93-92-88)66-55(83)43-24-40(76)27-70(43)60(86)48(31(3)74)65-54(42)82/h5-18,22,30-31,38-40,42-43,45-46,48-52,62,72-80,88H,4,19-21,23-29H2,1-3H3,(H,63,85)(H,64,81)(H,65,82)(H,66,83)(H,67,84)/t30-,31+,39+,40+,42?,43-,45+,46+,48-,49-,50-,51-,52-/m0/s1. The molecule has 0 bridgehead atoms. The number of fused-ring (bicyclic) bond motifs is 2. The number of aromatic hydroxyl groups is 1. The van der Waals surface area contributed by atoms with Crippen molar-refractivity contribution in [1.82, 2.24) is 51.9 Å². The molecule has 7 amide bonds. The Kier molecular flexibility index (Phi) is 25.2. The molecule has 508 valence electrons. The third-order valence-electron chi connectivity index (χ3n) is 16.2. The Morgan fingerprint density at radius 2 is 1.34 bits per heavy atom. The van der Waals surface area contributed by atoms with Crippen LogP contribution in [0.3, 0.4) is 0 Å². The number of ether oxygens (including phenoxy) is 1. The third-order valence-corrected chi connectivity index (χ3v) is 16.5. The molecule has 33 heteroatoms. The minimum atomic E-state index is -2.17. The normalized spacial score (nSPS) is 24.4. The van der Waals surface area contributed by atoms with E-state index in [1.807, 2.05) is 55.5 Å². The lowest BCUT2D eigenvalue weighted by molar-refractivity contribution is -0.433. The van der Waals surface area contributed by atoms with Gasteiger partial charge in [-0.05, 0) is 104 Å². The van der Waals surface area contributed by atoms with Crippen LogP contribution in [0.2, 0.25) is 0 Å². The first-order valence-electron chi connectivity index (χ1n) is 30.1. The molecule has 4 heterocycles. The number of aliphatic hydroxyl groups is 8. The molecule has 1 aromatic heterocycles. The Balaban J connectivity index is 1.09. The first-order valence-corrected chi connectivity index (χ1v) is 30.7. The van der Waals surface area contributed by atoms with Crippen LogP contribution in [0.15, 0.2) is 95.4 Å². The molecule has 32 nitrogen and oxygen atoms in total. The van der Waals surface area contributed by atoms with Crippen molar-refractivity contribution < 1.29 is 107 Å². The third kappa shape index (κ3) is 17.9. The molecule has 0 aliphatic carbocycles. The number of hydrogen-bond acceptors (Lipinski definition) is 26. The molecule has 16 N–H and O–H groups in total. The molecule has 5 aromatic rings. The van der Waals surface area contributed by atoms with Gasteiger partial charge in [0.25, 0.3) is 18.2 Å². The van der Waals surface area contributed by atoms with E-state index in [4.69, 9.17) is 18.6 Å². The fourth-order valence-electron chi connectivity index (χ4n) is 11.1. The molecule has 94 heavy (non-hydrogen) atoms. The summed E-state index contributed by atoms with van der Waals surface area (Å²) in [5.74, 6) is -8.71. The number of phenols is 1. The first-order chi connectivity index (χ1) is 45.0. The van der Waals surface area contributed by atoms with Gasteiger partial charge in [0.15, 0.2) is 11.5 Å². The van der Waals surface area contributed by atoms with Crippen LogP contribution >= 0.6 is 12.3 Å². The Morgan fingerprint density at radius 1 is 0.734 bits per heavy atom. The largest absolute Gasteiger partial charge is 0.504 e. The number of hydrogen-bond donors (Lipinski definition) is 16. The van der Waals surface area contributed by atoms with Crippen molar-refractivity contribution >= 4 is 53.7 Å². The number of nitrogens with zero attached hydrogens (tertiary/aromatic N) is 4. The average molecular weight is 1330 g/mol. The van der Waals surface area contributed by atoms with Crippen LogP contribution < -0.4 is 40.8 Å². The molecular formula is C61H76N10O22S. The summed E-state index contributed by atoms with van der Waals surface area (Å²) < 4.78 is 20.9. The number of nitrogens with one attached hydrogen (secondary N) is 6. The highest BCUT2D eigenvalue weighted by Crippen LogP contribution is 2.33. The number of amides is 7. The van der Waals surface area contributed by atoms with Crippen LogP contribution in [0.1, 0.15) is 56.0 Å². The molecule has 13 atom stereocenters. The summed E-state index contributed by atoms with van der Waals surface area (Å²) in [4.78, 5) is 104. The van der Waals surface area contributed by atoms with E-state index in [0.717, 1.165) is 45.7 Å².